The first kappa shape index (κ1) is 18.8. The molecule has 1 saturated carbocycles. The van der Waals surface area contributed by atoms with E-state index in [1.54, 1.807) is 0 Å². The van der Waals surface area contributed by atoms with Crippen LogP contribution in [0.15, 0.2) is 18.2 Å². The minimum atomic E-state index is -1.17. The number of carbonyl (C=O) groups is 1. The monoisotopic (exact) mass is 385 g/mol. The van der Waals surface area contributed by atoms with Crippen molar-refractivity contribution in [3.8, 4) is 5.75 Å². The van der Waals surface area contributed by atoms with Gasteiger partial charge >= 0.3 is 0 Å². The molecule has 2 aliphatic rings. The van der Waals surface area contributed by atoms with Crippen molar-refractivity contribution in [2.75, 3.05) is 0 Å². The Hall–Kier alpha value is -0.970. The van der Waals surface area contributed by atoms with Crippen molar-refractivity contribution in [3.05, 3.63) is 29.3 Å². The van der Waals surface area contributed by atoms with Crippen LogP contribution in [0, 0.1) is 19.8 Å². The molecule has 4 nitrogen and oxygen atoms in total. The summed E-state index contributed by atoms with van der Waals surface area (Å²) in [7, 11) is 0. The predicted molar refractivity (Wildman–Crippen MR) is 99.5 cm³/mol. The summed E-state index contributed by atoms with van der Waals surface area (Å²) in [5, 5.41) is 13.0. The molecule has 6 heteroatoms. The van der Waals surface area contributed by atoms with Crippen LogP contribution in [0.2, 0.25) is 0 Å². The van der Waals surface area contributed by atoms with E-state index in [-0.39, 0.29) is 17.2 Å². The summed E-state index contributed by atoms with van der Waals surface area (Å²) in [6.07, 6.45) is -0.0855. The smallest absolute Gasteiger partial charge is 0.267 e. The number of nitrogens with one attached hydrogen (secondary N) is 1. The summed E-state index contributed by atoms with van der Waals surface area (Å²) < 4.78 is 6.29. The number of halogens is 2. The number of aliphatic hydroxyl groups excluding tert-OH is 1. The topological polar surface area (TPSA) is 58.6 Å². The van der Waals surface area contributed by atoms with E-state index in [1.807, 2.05) is 45.9 Å². The summed E-state index contributed by atoms with van der Waals surface area (Å²) in [6, 6.07) is 5.83. The molecule has 25 heavy (non-hydrogen) atoms. The standard InChI is InChI=1S/C19H25Cl2NO3/c1-5-19(25-14-7-6-10(2)8-11(14)3)17(24)22-18(19)9-13(20)12(4)15(21)16(18)23/h6-8,12-13,15-16,23H,5,9H2,1-4H3,(H,22,24). The van der Waals surface area contributed by atoms with Crippen LogP contribution in [0.25, 0.3) is 0 Å². The fourth-order valence-electron chi connectivity index (χ4n) is 4.23. The van der Waals surface area contributed by atoms with Crippen molar-refractivity contribution in [1.29, 1.82) is 0 Å². The minimum absolute atomic E-state index is 0.0582. The van der Waals surface area contributed by atoms with Gasteiger partial charge in [0.2, 0.25) is 5.60 Å². The molecule has 2 fully saturated rings. The molecule has 0 bridgehead atoms. The van der Waals surface area contributed by atoms with E-state index in [0.717, 1.165) is 11.1 Å². The lowest BCUT2D eigenvalue weighted by molar-refractivity contribution is -0.193. The molecule has 0 radical (unpaired) electrons. The van der Waals surface area contributed by atoms with Gasteiger partial charge < -0.3 is 15.2 Å². The van der Waals surface area contributed by atoms with Gasteiger partial charge in [0.1, 0.15) is 11.3 Å². The normalized spacial score (nSPS) is 40.5. The van der Waals surface area contributed by atoms with Crippen molar-refractivity contribution >= 4 is 29.1 Å². The van der Waals surface area contributed by atoms with Gasteiger partial charge in [-0.05, 0) is 44.2 Å². The summed E-state index contributed by atoms with van der Waals surface area (Å²) >= 11 is 13.0. The molecule has 2 N–H and O–H groups in total. The van der Waals surface area contributed by atoms with Gasteiger partial charge in [0, 0.05) is 5.38 Å². The van der Waals surface area contributed by atoms with E-state index in [0.29, 0.717) is 18.6 Å². The predicted octanol–water partition coefficient (Wildman–Crippen LogP) is 3.32. The highest BCUT2D eigenvalue weighted by atomic mass is 35.5. The Morgan fingerprint density at radius 2 is 2.04 bits per heavy atom. The first-order chi connectivity index (χ1) is 11.7. The summed E-state index contributed by atoms with van der Waals surface area (Å²) in [5.41, 5.74) is -0.0727. The van der Waals surface area contributed by atoms with Crippen LogP contribution in [-0.4, -0.2) is 39.0 Å². The van der Waals surface area contributed by atoms with Crippen LogP contribution in [0.5, 0.6) is 5.75 Å². The lowest BCUT2D eigenvalue weighted by atomic mass is 9.59. The molecule has 1 amide bonds. The van der Waals surface area contributed by atoms with E-state index >= 15 is 0 Å². The third kappa shape index (κ3) is 2.56. The van der Waals surface area contributed by atoms with E-state index in [1.165, 1.54) is 0 Å². The number of carbonyl (C=O) groups excluding carboxylic acids is 1. The Balaban J connectivity index is 2.02. The number of benzene rings is 1. The molecule has 1 heterocycles. The largest absolute Gasteiger partial charge is 0.475 e. The third-order valence-corrected chi connectivity index (χ3v) is 7.12. The van der Waals surface area contributed by atoms with Gasteiger partial charge in [-0.1, -0.05) is 31.5 Å². The quantitative estimate of drug-likeness (QED) is 0.619. The molecule has 1 aliphatic carbocycles. The zero-order valence-electron chi connectivity index (χ0n) is 15.0. The molecule has 6 unspecified atom stereocenters. The van der Waals surface area contributed by atoms with E-state index in [2.05, 4.69) is 5.32 Å². The Morgan fingerprint density at radius 1 is 1.36 bits per heavy atom. The number of hydrogen-bond acceptors (Lipinski definition) is 3. The Bertz CT molecular complexity index is 697. The summed E-state index contributed by atoms with van der Waals surface area (Å²) in [4.78, 5) is 12.6. The zero-order valence-corrected chi connectivity index (χ0v) is 16.5. The minimum Gasteiger partial charge on any atom is -0.475 e. The van der Waals surface area contributed by atoms with E-state index < -0.39 is 22.6 Å². The number of β-lactam (4-membered cyclic amide) rings is 1. The lowest BCUT2D eigenvalue weighted by Gasteiger charge is -2.63. The van der Waals surface area contributed by atoms with Gasteiger partial charge in [-0.25, -0.2) is 0 Å². The fourth-order valence-corrected chi connectivity index (χ4v) is 5.10. The first-order valence-electron chi connectivity index (χ1n) is 8.73. The second kappa shape index (κ2) is 6.33. The number of aliphatic hydroxyl groups is 1. The average molecular weight is 386 g/mol. The first-order valence-corrected chi connectivity index (χ1v) is 9.61. The maximum atomic E-state index is 12.6. The molecule has 138 valence electrons. The molecule has 1 aliphatic heterocycles. The van der Waals surface area contributed by atoms with Crippen molar-refractivity contribution in [3.63, 3.8) is 0 Å². The van der Waals surface area contributed by atoms with Crippen LogP contribution in [0.3, 0.4) is 0 Å². The maximum absolute atomic E-state index is 12.6. The molecule has 1 saturated heterocycles. The van der Waals surface area contributed by atoms with Gasteiger partial charge in [0.15, 0.2) is 0 Å². The molecule has 3 rings (SSSR count). The fraction of sp³-hybridized carbons (Fsp3) is 0.632. The molecular weight excluding hydrogens is 361 g/mol. The van der Waals surface area contributed by atoms with Gasteiger partial charge in [0.05, 0.1) is 11.5 Å². The molecule has 1 aromatic rings. The highest BCUT2D eigenvalue weighted by molar-refractivity contribution is 6.25. The van der Waals surface area contributed by atoms with Crippen molar-refractivity contribution in [2.24, 2.45) is 5.92 Å². The number of rotatable bonds is 3. The Kier molecular flexibility index (Phi) is 4.76. The highest BCUT2D eigenvalue weighted by Crippen LogP contribution is 2.51. The Labute approximate surface area is 158 Å². The van der Waals surface area contributed by atoms with E-state index in [4.69, 9.17) is 27.9 Å². The van der Waals surface area contributed by atoms with Crippen molar-refractivity contribution in [2.45, 2.75) is 68.5 Å². The van der Waals surface area contributed by atoms with Crippen LogP contribution < -0.4 is 10.1 Å². The van der Waals surface area contributed by atoms with Gasteiger partial charge in [-0.15, -0.1) is 23.2 Å². The number of hydrogen-bond donors (Lipinski definition) is 2. The molecule has 1 spiro atoms. The average Bonchev–Trinajstić information content (AvgIpc) is 2.57. The Morgan fingerprint density at radius 3 is 2.60 bits per heavy atom. The number of aryl methyl sites for hydroxylation is 2. The van der Waals surface area contributed by atoms with Gasteiger partial charge in [0.25, 0.3) is 5.91 Å². The second-order valence-electron chi connectivity index (χ2n) is 7.45. The molecule has 6 atom stereocenters. The van der Waals surface area contributed by atoms with Crippen LogP contribution >= 0.6 is 23.2 Å². The second-order valence-corrected chi connectivity index (χ2v) is 8.51. The highest BCUT2D eigenvalue weighted by Gasteiger charge is 2.73. The summed E-state index contributed by atoms with van der Waals surface area (Å²) in [6.45, 7) is 7.77. The van der Waals surface area contributed by atoms with Gasteiger partial charge in [-0.3, -0.25) is 4.79 Å². The SMILES string of the molecule is CCC1(Oc2ccc(C)cc2C)C(=O)NC12CC(Cl)C(C)C(Cl)C2O. The zero-order chi connectivity index (χ0) is 18.6. The maximum Gasteiger partial charge on any atom is 0.267 e. The summed E-state index contributed by atoms with van der Waals surface area (Å²) in [5.74, 6) is 0.359. The van der Waals surface area contributed by atoms with E-state index in [9.17, 15) is 9.90 Å². The van der Waals surface area contributed by atoms with Gasteiger partial charge in [-0.2, -0.15) is 0 Å². The van der Waals surface area contributed by atoms with Crippen molar-refractivity contribution in [1.82, 2.24) is 5.32 Å². The number of alkyl halides is 2. The molecule has 0 aromatic heterocycles. The van der Waals surface area contributed by atoms with Crippen LogP contribution in [0.1, 0.15) is 37.8 Å². The molecular formula is C19H25Cl2NO3. The van der Waals surface area contributed by atoms with Crippen molar-refractivity contribution < 1.29 is 14.6 Å². The van der Waals surface area contributed by atoms with Crippen LogP contribution in [0.4, 0.5) is 0 Å². The third-order valence-electron chi connectivity index (χ3n) is 5.93. The van der Waals surface area contributed by atoms with Crippen LogP contribution in [-0.2, 0) is 4.79 Å². The number of ether oxygens (including phenoxy) is 1. The number of amides is 1. The molecule has 1 aromatic carbocycles. The lowest BCUT2D eigenvalue weighted by Crippen LogP contribution is -2.89.